The van der Waals surface area contributed by atoms with Crippen LogP contribution in [0.5, 0.6) is 0 Å². The second-order valence-electron chi connectivity index (χ2n) is 3.46. The van der Waals surface area contributed by atoms with Gasteiger partial charge in [0.2, 0.25) is 0 Å². The van der Waals surface area contributed by atoms with Crippen LogP contribution in [0.2, 0.25) is 0 Å². The number of hydrogen-bond acceptors (Lipinski definition) is 7. The van der Waals surface area contributed by atoms with Crippen LogP contribution in [-0.4, -0.2) is 39.1 Å². The summed E-state index contributed by atoms with van der Waals surface area (Å²) in [4.78, 5) is 20.3. The monoisotopic (exact) mass is 350 g/mol. The minimum atomic E-state index is -5.79. The van der Waals surface area contributed by atoms with E-state index in [1.165, 1.54) is 0 Å². The van der Waals surface area contributed by atoms with E-state index in [4.69, 9.17) is 0 Å². The molecule has 1 aromatic rings. The van der Waals surface area contributed by atoms with Crippen molar-refractivity contribution in [2.75, 3.05) is 14.2 Å². The zero-order valence-corrected chi connectivity index (χ0v) is 14.2. The predicted octanol–water partition coefficient (Wildman–Crippen LogP) is -2.41. The average molecular weight is 350 g/mol. The topological polar surface area (TPSA) is 110 Å². The molecule has 1 aromatic carbocycles. The normalized spacial score (nSPS) is 10.6. The molecule has 22 heavy (non-hydrogen) atoms. The van der Waals surface area contributed by atoms with Crippen LogP contribution in [0.3, 0.4) is 0 Å². The molecule has 0 amide bonds. The van der Waals surface area contributed by atoms with Gasteiger partial charge in [-0.1, -0.05) is 0 Å². The molecular formula is C10H6F3NaO7S. The van der Waals surface area contributed by atoms with E-state index >= 15 is 0 Å². The van der Waals surface area contributed by atoms with Crippen molar-refractivity contribution in [3.8, 4) is 0 Å². The molecule has 0 aromatic heterocycles. The summed E-state index contributed by atoms with van der Waals surface area (Å²) in [6.45, 7) is 0. The summed E-state index contributed by atoms with van der Waals surface area (Å²) in [6.07, 6.45) is 0. The van der Waals surface area contributed by atoms with Crippen molar-refractivity contribution in [1.29, 1.82) is 0 Å². The molecule has 0 spiro atoms. The average Bonchev–Trinajstić information content (AvgIpc) is 2.35. The standard InChI is InChI=1S/C10H7F3O7S.Na/c1-19-9(14)3-5(11)4(10(15)20-2)7(13)8(6(3)12)21(16,17)18;/h1-2H3,(H,16,17,18);/q;+1/p-1. The Bertz CT molecular complexity index is 690. The maximum Gasteiger partial charge on any atom is 1.00 e. The van der Waals surface area contributed by atoms with Gasteiger partial charge in [-0.15, -0.1) is 0 Å². The number of benzene rings is 1. The number of carbonyl (C=O) groups excluding carboxylic acids is 2. The molecule has 0 atom stereocenters. The Labute approximate surface area is 144 Å². The molecule has 1 rings (SSSR count). The molecule has 0 fully saturated rings. The molecule has 0 saturated carbocycles. The summed E-state index contributed by atoms with van der Waals surface area (Å²) < 4.78 is 81.9. The number of methoxy groups -OCH3 is 2. The minimum Gasteiger partial charge on any atom is -0.744 e. The fourth-order valence-corrected chi connectivity index (χ4v) is 2.07. The first-order valence-electron chi connectivity index (χ1n) is 4.90. The third kappa shape index (κ3) is 3.60. The molecule has 7 nitrogen and oxygen atoms in total. The molecule has 0 heterocycles. The number of halogens is 3. The summed E-state index contributed by atoms with van der Waals surface area (Å²) in [6, 6.07) is 0. The van der Waals surface area contributed by atoms with Gasteiger partial charge in [-0.05, 0) is 0 Å². The van der Waals surface area contributed by atoms with Gasteiger partial charge in [0.15, 0.2) is 17.5 Å². The third-order valence-corrected chi connectivity index (χ3v) is 3.16. The second-order valence-corrected chi connectivity index (χ2v) is 4.77. The van der Waals surface area contributed by atoms with Gasteiger partial charge in [-0.25, -0.2) is 31.2 Å². The van der Waals surface area contributed by atoms with Crippen molar-refractivity contribution in [3.63, 3.8) is 0 Å². The van der Waals surface area contributed by atoms with E-state index in [0.717, 1.165) is 0 Å². The summed E-state index contributed by atoms with van der Waals surface area (Å²) in [7, 11) is -4.42. The second kappa shape index (κ2) is 7.42. The third-order valence-electron chi connectivity index (χ3n) is 2.31. The van der Waals surface area contributed by atoms with E-state index < -0.39 is 55.5 Å². The van der Waals surface area contributed by atoms with Crippen LogP contribution in [-0.2, 0) is 19.6 Å². The molecule has 0 aliphatic heterocycles. The molecule has 0 saturated heterocycles. The van der Waals surface area contributed by atoms with Gasteiger partial charge in [-0.3, -0.25) is 0 Å². The number of rotatable bonds is 3. The van der Waals surface area contributed by atoms with Crippen LogP contribution in [0, 0.1) is 17.5 Å². The fraction of sp³-hybridized carbons (Fsp3) is 0.200. The van der Waals surface area contributed by atoms with E-state index in [-0.39, 0.29) is 29.6 Å². The van der Waals surface area contributed by atoms with Crippen LogP contribution < -0.4 is 29.6 Å². The summed E-state index contributed by atoms with van der Waals surface area (Å²) in [5, 5.41) is 0. The Morgan fingerprint density at radius 2 is 1.23 bits per heavy atom. The van der Waals surface area contributed by atoms with Crippen molar-refractivity contribution in [3.05, 3.63) is 28.6 Å². The van der Waals surface area contributed by atoms with Crippen molar-refractivity contribution < 1.29 is 74.8 Å². The quantitative estimate of drug-likeness (QED) is 0.339. The van der Waals surface area contributed by atoms with E-state index in [9.17, 15) is 35.7 Å². The molecule has 116 valence electrons. The molecule has 0 radical (unpaired) electrons. The number of ether oxygens (including phenoxy) is 2. The van der Waals surface area contributed by atoms with E-state index in [2.05, 4.69) is 9.47 Å². The van der Waals surface area contributed by atoms with Crippen molar-refractivity contribution in [1.82, 2.24) is 0 Å². The van der Waals surface area contributed by atoms with Gasteiger partial charge in [0.05, 0.1) is 14.2 Å². The SMILES string of the molecule is COC(=O)c1c(F)c(C(=O)OC)c(F)c(S(=O)(=O)[O-])c1F.[Na+]. The van der Waals surface area contributed by atoms with Crippen molar-refractivity contribution in [2.24, 2.45) is 0 Å². The first-order valence-corrected chi connectivity index (χ1v) is 6.31. The smallest absolute Gasteiger partial charge is 0.744 e. The Morgan fingerprint density at radius 3 is 1.45 bits per heavy atom. The number of esters is 2. The van der Waals surface area contributed by atoms with Gasteiger partial charge in [-0.2, -0.15) is 0 Å². The van der Waals surface area contributed by atoms with E-state index in [1.807, 2.05) is 0 Å². The summed E-state index contributed by atoms with van der Waals surface area (Å²) in [5.74, 6) is -10.1. The van der Waals surface area contributed by atoms with Gasteiger partial charge in [0.25, 0.3) is 0 Å². The molecule has 12 heteroatoms. The zero-order chi connectivity index (χ0) is 16.5. The Hall–Kier alpha value is -1.14. The van der Waals surface area contributed by atoms with Gasteiger partial charge < -0.3 is 14.0 Å². The summed E-state index contributed by atoms with van der Waals surface area (Å²) in [5.41, 5.74) is -3.40. The molecule has 0 aliphatic rings. The largest absolute Gasteiger partial charge is 1.00 e. The van der Waals surface area contributed by atoms with Crippen LogP contribution in [0.25, 0.3) is 0 Å². The predicted molar refractivity (Wildman–Crippen MR) is 57.0 cm³/mol. The maximum absolute atomic E-state index is 13.9. The molecule has 0 unspecified atom stereocenters. The molecular weight excluding hydrogens is 344 g/mol. The van der Waals surface area contributed by atoms with Crippen LogP contribution in [0.4, 0.5) is 13.2 Å². The Morgan fingerprint density at radius 1 is 0.909 bits per heavy atom. The first kappa shape index (κ1) is 20.9. The first-order chi connectivity index (χ1) is 9.57. The van der Waals surface area contributed by atoms with E-state index in [1.54, 1.807) is 0 Å². The summed E-state index contributed by atoms with van der Waals surface area (Å²) >= 11 is 0. The Balaban J connectivity index is 0.00000441. The van der Waals surface area contributed by atoms with Crippen molar-refractivity contribution in [2.45, 2.75) is 4.90 Å². The number of carbonyl (C=O) groups is 2. The van der Waals surface area contributed by atoms with Crippen LogP contribution in [0.1, 0.15) is 20.7 Å². The molecule has 0 N–H and O–H groups in total. The Kier molecular flexibility index (Phi) is 7.03. The number of hydrogen-bond donors (Lipinski definition) is 0. The van der Waals surface area contributed by atoms with Crippen LogP contribution in [0.15, 0.2) is 4.90 Å². The fourth-order valence-electron chi connectivity index (χ4n) is 1.42. The van der Waals surface area contributed by atoms with Gasteiger partial charge in [0.1, 0.15) is 26.1 Å². The zero-order valence-electron chi connectivity index (χ0n) is 11.4. The van der Waals surface area contributed by atoms with E-state index in [0.29, 0.717) is 14.2 Å². The van der Waals surface area contributed by atoms with Gasteiger partial charge in [0, 0.05) is 0 Å². The van der Waals surface area contributed by atoms with Gasteiger partial charge >= 0.3 is 41.5 Å². The maximum atomic E-state index is 13.9. The van der Waals surface area contributed by atoms with Crippen LogP contribution >= 0.6 is 0 Å². The minimum absolute atomic E-state index is 0. The molecule has 0 bridgehead atoms. The van der Waals surface area contributed by atoms with Crippen molar-refractivity contribution >= 4 is 22.1 Å². The molecule has 0 aliphatic carbocycles.